The normalized spacial score (nSPS) is 14.8. The van der Waals surface area contributed by atoms with Gasteiger partial charge in [-0.15, -0.1) is 0 Å². The Morgan fingerprint density at radius 3 is 2.29 bits per heavy atom. The maximum absolute atomic E-state index is 5.21. The van der Waals surface area contributed by atoms with Crippen molar-refractivity contribution < 1.29 is 4.74 Å². The van der Waals surface area contributed by atoms with Crippen LogP contribution in [0.1, 0.15) is 20.8 Å². The van der Waals surface area contributed by atoms with Crippen molar-refractivity contribution in [2.45, 2.75) is 26.8 Å². The van der Waals surface area contributed by atoms with Gasteiger partial charge in [0.25, 0.3) is 0 Å². The molecule has 3 nitrogen and oxygen atoms in total. The number of methoxy groups -OCH3 is 1. The molecule has 14 heavy (non-hydrogen) atoms. The van der Waals surface area contributed by atoms with Crippen LogP contribution in [0, 0.1) is 5.41 Å². The summed E-state index contributed by atoms with van der Waals surface area (Å²) in [6, 6.07) is 0.462. The van der Waals surface area contributed by atoms with Crippen LogP contribution in [-0.2, 0) is 4.74 Å². The number of hydrogen-bond donors (Lipinski definition) is 1. The van der Waals surface area contributed by atoms with Crippen molar-refractivity contribution in [2.24, 2.45) is 5.41 Å². The van der Waals surface area contributed by atoms with Gasteiger partial charge >= 0.3 is 0 Å². The summed E-state index contributed by atoms with van der Waals surface area (Å²) in [5, 5.41) is 3.20. The first-order valence-corrected chi connectivity index (χ1v) is 5.24. The van der Waals surface area contributed by atoms with Gasteiger partial charge in [-0.25, -0.2) is 0 Å². The van der Waals surface area contributed by atoms with Crippen molar-refractivity contribution in [3.63, 3.8) is 0 Å². The molecule has 3 heteroatoms. The fraction of sp³-hybridized carbons (Fsp3) is 1.00. The molecular weight excluding hydrogens is 176 g/mol. The van der Waals surface area contributed by atoms with E-state index in [0.29, 0.717) is 11.5 Å². The van der Waals surface area contributed by atoms with Crippen LogP contribution < -0.4 is 5.32 Å². The Balaban J connectivity index is 4.06. The minimum absolute atomic E-state index is 0.342. The lowest BCUT2D eigenvalue weighted by molar-refractivity contribution is 0.0860. The molecule has 1 atom stereocenters. The summed E-state index contributed by atoms with van der Waals surface area (Å²) >= 11 is 0. The Labute approximate surface area is 88.8 Å². The molecule has 0 aromatic heterocycles. The molecule has 0 saturated carbocycles. The van der Waals surface area contributed by atoms with Gasteiger partial charge in [0.05, 0.1) is 6.61 Å². The Hall–Kier alpha value is -0.120. The number of likely N-dealkylation sites (N-methyl/N-ethyl adjacent to an activating group) is 2. The van der Waals surface area contributed by atoms with Crippen LogP contribution in [0.3, 0.4) is 0 Å². The number of hydrogen-bond acceptors (Lipinski definition) is 3. The van der Waals surface area contributed by atoms with Crippen LogP contribution in [-0.4, -0.2) is 51.8 Å². The summed E-state index contributed by atoms with van der Waals surface area (Å²) in [5.41, 5.74) is 0.342. The molecule has 0 bridgehead atoms. The lowest BCUT2D eigenvalue weighted by Gasteiger charge is -2.32. The fourth-order valence-electron chi connectivity index (χ4n) is 1.65. The van der Waals surface area contributed by atoms with E-state index in [9.17, 15) is 0 Å². The minimum atomic E-state index is 0.342. The van der Waals surface area contributed by atoms with E-state index >= 15 is 0 Å². The van der Waals surface area contributed by atoms with E-state index in [0.717, 1.165) is 19.7 Å². The number of nitrogens with zero attached hydrogens (tertiary/aromatic N) is 1. The molecule has 0 aromatic carbocycles. The van der Waals surface area contributed by atoms with Crippen molar-refractivity contribution in [2.75, 3.05) is 40.9 Å². The second kappa shape index (κ2) is 6.38. The standard InChI is InChI=1S/C11H26N2O/c1-11(2,3)9-13(5)10(7-12-4)8-14-6/h10,12H,7-9H2,1-6H3. The zero-order valence-electron chi connectivity index (χ0n) is 10.6. The largest absolute Gasteiger partial charge is 0.383 e. The van der Waals surface area contributed by atoms with Gasteiger partial charge in [0.2, 0.25) is 0 Å². The highest BCUT2D eigenvalue weighted by atomic mass is 16.5. The molecule has 1 unspecified atom stereocenters. The lowest BCUT2D eigenvalue weighted by Crippen LogP contribution is -2.45. The van der Waals surface area contributed by atoms with Crippen molar-refractivity contribution in [3.05, 3.63) is 0 Å². The van der Waals surface area contributed by atoms with Crippen LogP contribution >= 0.6 is 0 Å². The summed E-state index contributed by atoms with van der Waals surface area (Å²) in [5.74, 6) is 0. The Morgan fingerprint density at radius 1 is 1.36 bits per heavy atom. The maximum Gasteiger partial charge on any atom is 0.0630 e. The maximum atomic E-state index is 5.21. The molecule has 1 N–H and O–H groups in total. The third-order valence-electron chi connectivity index (χ3n) is 2.15. The summed E-state index contributed by atoms with van der Waals surface area (Å²) in [6.07, 6.45) is 0. The molecule has 0 radical (unpaired) electrons. The quantitative estimate of drug-likeness (QED) is 0.700. The average Bonchev–Trinajstić information content (AvgIpc) is 2.01. The van der Waals surface area contributed by atoms with Crippen LogP contribution in [0.25, 0.3) is 0 Å². The van der Waals surface area contributed by atoms with Crippen molar-refractivity contribution in [1.29, 1.82) is 0 Å². The molecule has 0 aliphatic rings. The van der Waals surface area contributed by atoms with Crippen molar-refractivity contribution in [3.8, 4) is 0 Å². The molecule has 0 spiro atoms. The highest BCUT2D eigenvalue weighted by molar-refractivity contribution is 4.75. The Kier molecular flexibility index (Phi) is 6.33. The van der Waals surface area contributed by atoms with E-state index < -0.39 is 0 Å². The van der Waals surface area contributed by atoms with Gasteiger partial charge in [0.15, 0.2) is 0 Å². The van der Waals surface area contributed by atoms with E-state index in [-0.39, 0.29) is 0 Å². The van der Waals surface area contributed by atoms with Gasteiger partial charge in [-0.3, -0.25) is 4.90 Å². The first-order valence-electron chi connectivity index (χ1n) is 5.24. The van der Waals surface area contributed by atoms with Crippen LogP contribution in [0.5, 0.6) is 0 Å². The molecule has 0 aromatic rings. The zero-order chi connectivity index (χ0) is 11.2. The topological polar surface area (TPSA) is 24.5 Å². The minimum Gasteiger partial charge on any atom is -0.383 e. The predicted molar refractivity (Wildman–Crippen MR) is 61.7 cm³/mol. The first-order chi connectivity index (χ1) is 6.40. The molecular formula is C11H26N2O. The van der Waals surface area contributed by atoms with E-state index in [2.05, 4.69) is 38.0 Å². The summed E-state index contributed by atoms with van der Waals surface area (Å²) < 4.78 is 5.21. The summed E-state index contributed by atoms with van der Waals surface area (Å²) in [6.45, 7) is 9.61. The van der Waals surface area contributed by atoms with Crippen molar-refractivity contribution in [1.82, 2.24) is 10.2 Å². The Morgan fingerprint density at radius 2 is 1.93 bits per heavy atom. The zero-order valence-corrected chi connectivity index (χ0v) is 10.6. The first kappa shape index (κ1) is 13.9. The molecule has 0 aliphatic carbocycles. The highest BCUT2D eigenvalue weighted by Crippen LogP contribution is 2.15. The van der Waals surface area contributed by atoms with Gasteiger partial charge in [0.1, 0.15) is 0 Å². The molecule has 86 valence electrons. The van der Waals surface area contributed by atoms with E-state index in [1.165, 1.54) is 0 Å². The predicted octanol–water partition coefficient (Wildman–Crippen LogP) is 1.20. The van der Waals surface area contributed by atoms with Gasteiger partial charge in [0, 0.05) is 26.2 Å². The molecule has 0 fully saturated rings. The van der Waals surface area contributed by atoms with Crippen LogP contribution in [0.4, 0.5) is 0 Å². The number of nitrogens with one attached hydrogen (secondary N) is 1. The van der Waals surface area contributed by atoms with E-state index in [1.54, 1.807) is 7.11 Å². The summed E-state index contributed by atoms with van der Waals surface area (Å²) in [7, 11) is 5.90. The van der Waals surface area contributed by atoms with Gasteiger partial charge in [-0.1, -0.05) is 20.8 Å². The smallest absolute Gasteiger partial charge is 0.0630 e. The SMILES string of the molecule is CNCC(COC)N(C)CC(C)(C)C. The number of ether oxygens (including phenoxy) is 1. The van der Waals surface area contributed by atoms with Crippen LogP contribution in [0.2, 0.25) is 0 Å². The van der Waals surface area contributed by atoms with Gasteiger partial charge in [-0.2, -0.15) is 0 Å². The Bertz CT molecular complexity index is 137. The monoisotopic (exact) mass is 202 g/mol. The molecule has 0 heterocycles. The van der Waals surface area contributed by atoms with E-state index in [1.807, 2.05) is 7.05 Å². The molecule has 0 amide bonds. The molecule has 0 rings (SSSR count). The third-order valence-corrected chi connectivity index (χ3v) is 2.15. The third kappa shape index (κ3) is 6.35. The summed E-state index contributed by atoms with van der Waals surface area (Å²) in [4.78, 5) is 2.36. The number of rotatable bonds is 6. The lowest BCUT2D eigenvalue weighted by atomic mass is 9.95. The molecule has 0 saturated heterocycles. The van der Waals surface area contributed by atoms with E-state index in [4.69, 9.17) is 4.74 Å². The second-order valence-corrected chi connectivity index (χ2v) is 5.14. The van der Waals surface area contributed by atoms with Gasteiger partial charge < -0.3 is 10.1 Å². The molecule has 0 aliphatic heterocycles. The van der Waals surface area contributed by atoms with Crippen LogP contribution in [0.15, 0.2) is 0 Å². The average molecular weight is 202 g/mol. The highest BCUT2D eigenvalue weighted by Gasteiger charge is 2.19. The van der Waals surface area contributed by atoms with Gasteiger partial charge in [-0.05, 0) is 19.5 Å². The second-order valence-electron chi connectivity index (χ2n) is 5.14. The fourth-order valence-corrected chi connectivity index (χ4v) is 1.65. The van der Waals surface area contributed by atoms with Crippen molar-refractivity contribution >= 4 is 0 Å².